The van der Waals surface area contributed by atoms with Crippen molar-refractivity contribution in [3.63, 3.8) is 0 Å². The molecule has 0 aliphatic heterocycles. The number of aryl methyl sites for hydroxylation is 1. The van der Waals surface area contributed by atoms with Gasteiger partial charge in [-0.1, -0.05) is 35.5 Å². The van der Waals surface area contributed by atoms with Gasteiger partial charge in [-0.05, 0) is 49.2 Å². The molecule has 0 fully saturated rings. The van der Waals surface area contributed by atoms with Crippen LogP contribution in [0.25, 0.3) is 16.6 Å². The van der Waals surface area contributed by atoms with Crippen molar-refractivity contribution in [2.75, 3.05) is 26.0 Å². The molecule has 0 bridgehead atoms. The van der Waals surface area contributed by atoms with E-state index in [1.165, 1.54) is 11.8 Å². The molecule has 0 radical (unpaired) electrons. The molecule has 152 valence electrons. The van der Waals surface area contributed by atoms with Crippen LogP contribution >= 0.6 is 23.4 Å². The molecule has 0 atom stereocenters. The third-order valence-corrected chi connectivity index (χ3v) is 5.41. The van der Waals surface area contributed by atoms with E-state index in [9.17, 15) is 9.59 Å². The lowest BCUT2D eigenvalue weighted by Crippen LogP contribution is -2.28. The average molecular weight is 432 g/mol. The van der Waals surface area contributed by atoms with Gasteiger partial charge in [0, 0.05) is 25.3 Å². The fourth-order valence-electron chi connectivity index (χ4n) is 2.86. The van der Waals surface area contributed by atoms with Crippen LogP contribution in [-0.4, -0.2) is 41.5 Å². The van der Waals surface area contributed by atoms with Gasteiger partial charge in [-0.25, -0.2) is 4.98 Å². The van der Waals surface area contributed by atoms with Crippen molar-refractivity contribution in [1.29, 1.82) is 0 Å². The number of methoxy groups -OCH3 is 1. The van der Waals surface area contributed by atoms with E-state index in [2.05, 4.69) is 10.3 Å². The first-order valence-corrected chi connectivity index (χ1v) is 10.5. The number of thioether (sulfide) groups is 1. The monoisotopic (exact) mass is 431 g/mol. The number of hydrogen-bond acceptors (Lipinski definition) is 5. The van der Waals surface area contributed by atoms with Gasteiger partial charge >= 0.3 is 0 Å². The maximum absolute atomic E-state index is 13.2. The van der Waals surface area contributed by atoms with Crippen molar-refractivity contribution in [3.8, 4) is 5.69 Å². The van der Waals surface area contributed by atoms with Crippen LogP contribution in [0.3, 0.4) is 0 Å². The van der Waals surface area contributed by atoms with Crippen molar-refractivity contribution in [1.82, 2.24) is 14.9 Å². The van der Waals surface area contributed by atoms with Gasteiger partial charge in [0.25, 0.3) is 5.56 Å². The molecule has 0 saturated heterocycles. The van der Waals surface area contributed by atoms with E-state index in [1.54, 1.807) is 29.9 Å². The third kappa shape index (κ3) is 5.38. The highest BCUT2D eigenvalue weighted by Crippen LogP contribution is 2.23. The van der Waals surface area contributed by atoms with Crippen LogP contribution in [0.4, 0.5) is 0 Å². The van der Waals surface area contributed by atoms with Gasteiger partial charge in [0.2, 0.25) is 5.91 Å². The van der Waals surface area contributed by atoms with E-state index < -0.39 is 0 Å². The Bertz CT molecular complexity index is 1080. The second-order valence-electron chi connectivity index (χ2n) is 6.52. The molecule has 1 aromatic heterocycles. The maximum Gasteiger partial charge on any atom is 0.266 e. The lowest BCUT2D eigenvalue weighted by molar-refractivity contribution is -0.118. The summed E-state index contributed by atoms with van der Waals surface area (Å²) in [6.45, 7) is 3.09. The van der Waals surface area contributed by atoms with Crippen molar-refractivity contribution in [2.24, 2.45) is 0 Å². The largest absolute Gasteiger partial charge is 0.385 e. The molecule has 0 unspecified atom stereocenters. The second-order valence-corrected chi connectivity index (χ2v) is 7.90. The number of amides is 1. The first-order chi connectivity index (χ1) is 14.0. The van der Waals surface area contributed by atoms with Gasteiger partial charge in [0.1, 0.15) is 0 Å². The fraction of sp³-hybridized carbons (Fsp3) is 0.286. The van der Waals surface area contributed by atoms with Gasteiger partial charge in [-0.3, -0.25) is 14.2 Å². The molecular weight excluding hydrogens is 410 g/mol. The zero-order chi connectivity index (χ0) is 20.8. The first-order valence-electron chi connectivity index (χ1n) is 9.17. The molecule has 0 aliphatic rings. The number of carbonyl (C=O) groups is 1. The molecule has 3 rings (SSSR count). The van der Waals surface area contributed by atoms with Crippen LogP contribution in [0.1, 0.15) is 12.0 Å². The SMILES string of the molecule is COCCCNC(=O)CSc1nc2cc(Cl)ccc2c(=O)n1-c1cccc(C)c1. The summed E-state index contributed by atoms with van der Waals surface area (Å²) in [5.74, 6) is 0.0273. The number of rotatable bonds is 8. The average Bonchev–Trinajstić information content (AvgIpc) is 2.69. The van der Waals surface area contributed by atoms with Gasteiger partial charge in [0.05, 0.1) is 22.3 Å². The Morgan fingerprint density at radius 3 is 2.86 bits per heavy atom. The Morgan fingerprint density at radius 2 is 2.10 bits per heavy atom. The third-order valence-electron chi connectivity index (χ3n) is 4.24. The Kier molecular flexibility index (Phi) is 7.30. The van der Waals surface area contributed by atoms with E-state index >= 15 is 0 Å². The summed E-state index contributed by atoms with van der Waals surface area (Å²) >= 11 is 7.30. The van der Waals surface area contributed by atoms with Crippen LogP contribution < -0.4 is 10.9 Å². The summed E-state index contributed by atoms with van der Waals surface area (Å²) in [5, 5.41) is 4.27. The van der Waals surface area contributed by atoms with Crippen molar-refractivity contribution in [3.05, 3.63) is 63.4 Å². The highest BCUT2D eigenvalue weighted by molar-refractivity contribution is 7.99. The Balaban J connectivity index is 1.95. The lowest BCUT2D eigenvalue weighted by Gasteiger charge is -2.14. The zero-order valence-electron chi connectivity index (χ0n) is 16.3. The molecule has 0 saturated carbocycles. The standard InChI is InChI=1S/C21H22ClN3O3S/c1-14-5-3-6-16(11-14)25-20(27)17-8-7-15(22)12-18(17)24-21(25)29-13-19(26)23-9-4-10-28-2/h3,5-8,11-12H,4,9-10,13H2,1-2H3,(H,23,26). The summed E-state index contributed by atoms with van der Waals surface area (Å²) in [5.41, 5.74) is 2.05. The van der Waals surface area contributed by atoms with Crippen molar-refractivity contribution in [2.45, 2.75) is 18.5 Å². The highest BCUT2D eigenvalue weighted by Gasteiger charge is 2.15. The summed E-state index contributed by atoms with van der Waals surface area (Å²) in [7, 11) is 1.62. The number of carbonyl (C=O) groups excluding carboxylic acids is 1. The number of fused-ring (bicyclic) bond motifs is 1. The van der Waals surface area contributed by atoms with Gasteiger partial charge < -0.3 is 10.1 Å². The number of hydrogen-bond donors (Lipinski definition) is 1. The molecule has 29 heavy (non-hydrogen) atoms. The topological polar surface area (TPSA) is 73.2 Å². The van der Waals surface area contributed by atoms with Crippen LogP contribution in [-0.2, 0) is 9.53 Å². The van der Waals surface area contributed by atoms with Gasteiger partial charge in [-0.2, -0.15) is 0 Å². The van der Waals surface area contributed by atoms with E-state index in [4.69, 9.17) is 16.3 Å². The minimum absolute atomic E-state index is 0.123. The predicted molar refractivity (Wildman–Crippen MR) is 117 cm³/mol. The molecule has 1 N–H and O–H groups in total. The highest BCUT2D eigenvalue weighted by atomic mass is 35.5. The molecule has 3 aromatic rings. The second kappa shape index (κ2) is 9.91. The minimum Gasteiger partial charge on any atom is -0.385 e. The van der Waals surface area contributed by atoms with Crippen molar-refractivity contribution < 1.29 is 9.53 Å². The van der Waals surface area contributed by atoms with E-state index in [1.807, 2.05) is 31.2 Å². The van der Waals surface area contributed by atoms with Crippen LogP contribution in [0, 0.1) is 6.92 Å². The van der Waals surface area contributed by atoms with E-state index in [0.29, 0.717) is 39.9 Å². The summed E-state index contributed by atoms with van der Waals surface area (Å²) in [4.78, 5) is 30.0. The summed E-state index contributed by atoms with van der Waals surface area (Å²) in [6.07, 6.45) is 0.744. The lowest BCUT2D eigenvalue weighted by atomic mass is 10.2. The molecule has 2 aromatic carbocycles. The number of nitrogens with one attached hydrogen (secondary N) is 1. The van der Waals surface area contributed by atoms with E-state index in [0.717, 1.165) is 12.0 Å². The quantitative estimate of drug-likeness (QED) is 0.335. The number of benzene rings is 2. The van der Waals surface area contributed by atoms with Crippen molar-refractivity contribution >= 4 is 40.2 Å². The normalized spacial score (nSPS) is 11.0. The molecule has 8 heteroatoms. The van der Waals surface area contributed by atoms with Gasteiger partial charge in [-0.15, -0.1) is 0 Å². The minimum atomic E-state index is -0.194. The summed E-state index contributed by atoms with van der Waals surface area (Å²) < 4.78 is 6.52. The molecule has 1 heterocycles. The number of aromatic nitrogens is 2. The Labute approximate surface area is 178 Å². The van der Waals surface area contributed by atoms with Crippen LogP contribution in [0.2, 0.25) is 5.02 Å². The molecule has 0 spiro atoms. The Hall–Kier alpha value is -2.35. The Morgan fingerprint density at radius 1 is 1.28 bits per heavy atom. The summed E-state index contributed by atoms with van der Waals surface area (Å²) in [6, 6.07) is 12.6. The molecule has 0 aliphatic carbocycles. The van der Waals surface area contributed by atoms with Crippen LogP contribution in [0.5, 0.6) is 0 Å². The van der Waals surface area contributed by atoms with Crippen LogP contribution in [0.15, 0.2) is 52.4 Å². The number of ether oxygens (including phenoxy) is 1. The molecular formula is C21H22ClN3O3S. The first kappa shape index (κ1) is 21.4. The maximum atomic E-state index is 13.2. The number of halogens is 1. The fourth-order valence-corrected chi connectivity index (χ4v) is 3.86. The number of nitrogens with zero attached hydrogens (tertiary/aromatic N) is 2. The smallest absolute Gasteiger partial charge is 0.266 e. The molecule has 1 amide bonds. The zero-order valence-corrected chi connectivity index (χ0v) is 17.8. The predicted octanol–water partition coefficient (Wildman–Crippen LogP) is 3.59. The van der Waals surface area contributed by atoms with Gasteiger partial charge in [0.15, 0.2) is 5.16 Å². The molecule has 6 nitrogen and oxygen atoms in total. The van der Waals surface area contributed by atoms with E-state index in [-0.39, 0.29) is 17.2 Å².